The van der Waals surface area contributed by atoms with Crippen molar-refractivity contribution in [3.8, 4) is 11.6 Å². The number of rotatable bonds is 7. The van der Waals surface area contributed by atoms with Crippen molar-refractivity contribution in [3.05, 3.63) is 35.4 Å². The number of aromatic nitrogens is 2. The average molecular weight is 356 g/mol. The molecule has 0 aliphatic heterocycles. The molecule has 1 aromatic carbocycles. The molecule has 1 fully saturated rings. The van der Waals surface area contributed by atoms with Crippen LogP contribution in [-0.4, -0.2) is 23.7 Å². The van der Waals surface area contributed by atoms with Crippen LogP contribution in [0.2, 0.25) is 0 Å². The van der Waals surface area contributed by atoms with Crippen LogP contribution in [0.15, 0.2) is 24.3 Å². The first-order chi connectivity index (χ1) is 12.7. The van der Waals surface area contributed by atoms with Gasteiger partial charge in [-0.3, -0.25) is 0 Å². The van der Waals surface area contributed by atoms with Gasteiger partial charge in [0.05, 0.1) is 19.3 Å². The van der Waals surface area contributed by atoms with Gasteiger partial charge in [-0.2, -0.15) is 9.97 Å². The third kappa shape index (κ3) is 4.77. The number of nitrogens with two attached hydrogens (primary N) is 1. The van der Waals surface area contributed by atoms with E-state index in [0.717, 1.165) is 16.9 Å². The molecular weight excluding hydrogens is 328 g/mol. The Hall–Kier alpha value is -2.50. The molecular formula is C20H28N4O2. The summed E-state index contributed by atoms with van der Waals surface area (Å²) in [5.41, 5.74) is 7.91. The zero-order chi connectivity index (χ0) is 18.4. The Bertz CT molecular complexity index is 712. The molecule has 0 spiro atoms. The van der Waals surface area contributed by atoms with E-state index in [1.165, 1.54) is 32.1 Å². The Morgan fingerprint density at radius 3 is 2.54 bits per heavy atom. The largest absolute Gasteiger partial charge is 0.497 e. The molecule has 1 saturated carbocycles. The van der Waals surface area contributed by atoms with Crippen molar-refractivity contribution in [2.75, 3.05) is 24.8 Å². The van der Waals surface area contributed by atoms with Gasteiger partial charge in [-0.25, -0.2) is 0 Å². The Labute approximate surface area is 155 Å². The monoisotopic (exact) mass is 356 g/mol. The van der Waals surface area contributed by atoms with Crippen LogP contribution in [-0.2, 0) is 6.54 Å². The fourth-order valence-electron chi connectivity index (χ4n) is 3.30. The zero-order valence-electron chi connectivity index (χ0n) is 15.6. The summed E-state index contributed by atoms with van der Waals surface area (Å²) in [4.78, 5) is 8.61. The van der Waals surface area contributed by atoms with E-state index in [-0.39, 0.29) is 5.95 Å². The molecule has 2 aromatic rings. The third-order valence-corrected chi connectivity index (χ3v) is 4.92. The van der Waals surface area contributed by atoms with E-state index in [2.05, 4.69) is 15.3 Å². The molecule has 1 aliphatic carbocycles. The summed E-state index contributed by atoms with van der Waals surface area (Å²) in [6.07, 6.45) is 6.42. The first-order valence-electron chi connectivity index (χ1n) is 9.29. The van der Waals surface area contributed by atoms with Gasteiger partial charge in [-0.15, -0.1) is 0 Å². The van der Waals surface area contributed by atoms with E-state index >= 15 is 0 Å². The molecule has 0 saturated heterocycles. The lowest BCUT2D eigenvalue weighted by Crippen LogP contribution is -2.17. The van der Waals surface area contributed by atoms with Crippen molar-refractivity contribution in [2.24, 2.45) is 5.92 Å². The molecule has 1 aliphatic rings. The van der Waals surface area contributed by atoms with E-state index in [0.29, 0.717) is 30.8 Å². The number of benzene rings is 1. The molecule has 6 heteroatoms. The number of nitrogens with zero attached hydrogens (tertiary/aromatic N) is 2. The maximum Gasteiger partial charge on any atom is 0.225 e. The minimum atomic E-state index is 0.228. The minimum absolute atomic E-state index is 0.228. The Kier molecular flexibility index (Phi) is 6.15. The fourth-order valence-corrected chi connectivity index (χ4v) is 3.30. The van der Waals surface area contributed by atoms with Crippen molar-refractivity contribution in [1.29, 1.82) is 0 Å². The Morgan fingerprint density at radius 2 is 1.85 bits per heavy atom. The summed E-state index contributed by atoms with van der Waals surface area (Å²) < 4.78 is 11.2. The molecule has 140 valence electrons. The summed E-state index contributed by atoms with van der Waals surface area (Å²) in [5.74, 6) is 2.99. The number of hydrogen-bond acceptors (Lipinski definition) is 6. The van der Waals surface area contributed by atoms with Gasteiger partial charge in [0.25, 0.3) is 0 Å². The third-order valence-electron chi connectivity index (χ3n) is 4.92. The van der Waals surface area contributed by atoms with Gasteiger partial charge in [0.2, 0.25) is 11.8 Å². The normalized spacial score (nSPS) is 14.8. The van der Waals surface area contributed by atoms with E-state index in [1.54, 1.807) is 7.11 Å². The van der Waals surface area contributed by atoms with Gasteiger partial charge in [0.15, 0.2) is 0 Å². The highest BCUT2D eigenvalue weighted by molar-refractivity contribution is 5.51. The molecule has 3 rings (SSSR count). The van der Waals surface area contributed by atoms with Crippen LogP contribution < -0.4 is 20.5 Å². The van der Waals surface area contributed by atoms with E-state index in [9.17, 15) is 0 Å². The highest BCUT2D eigenvalue weighted by Crippen LogP contribution is 2.27. The zero-order valence-corrected chi connectivity index (χ0v) is 15.6. The summed E-state index contributed by atoms with van der Waals surface area (Å²) in [7, 11) is 1.66. The molecule has 1 aromatic heterocycles. The van der Waals surface area contributed by atoms with Crippen LogP contribution in [0.5, 0.6) is 11.6 Å². The first-order valence-corrected chi connectivity index (χ1v) is 9.29. The second-order valence-electron chi connectivity index (χ2n) is 6.88. The van der Waals surface area contributed by atoms with Gasteiger partial charge < -0.3 is 20.5 Å². The minimum Gasteiger partial charge on any atom is -0.497 e. The maximum absolute atomic E-state index is 5.99. The highest BCUT2D eigenvalue weighted by Gasteiger charge is 2.16. The van der Waals surface area contributed by atoms with Crippen LogP contribution in [0, 0.1) is 12.8 Å². The maximum atomic E-state index is 5.99. The van der Waals surface area contributed by atoms with Crippen LogP contribution in [0.25, 0.3) is 0 Å². The van der Waals surface area contributed by atoms with Crippen LogP contribution in [0.3, 0.4) is 0 Å². The van der Waals surface area contributed by atoms with Crippen molar-refractivity contribution >= 4 is 11.8 Å². The molecule has 3 N–H and O–H groups in total. The number of nitrogens with one attached hydrogen (secondary N) is 1. The first kappa shape index (κ1) is 18.3. The summed E-state index contributed by atoms with van der Waals surface area (Å²) >= 11 is 0. The summed E-state index contributed by atoms with van der Waals surface area (Å²) in [5, 5.41) is 3.33. The molecule has 0 unspecified atom stereocenters. The van der Waals surface area contributed by atoms with Gasteiger partial charge in [-0.1, -0.05) is 31.4 Å². The van der Waals surface area contributed by atoms with Gasteiger partial charge >= 0.3 is 0 Å². The SMILES string of the molecule is COc1ccc(CNc2nc(N)nc(OCC3CCCCC3)c2C)cc1. The quantitative estimate of drug-likeness (QED) is 0.782. The lowest BCUT2D eigenvalue weighted by Gasteiger charge is -2.22. The average Bonchev–Trinajstić information content (AvgIpc) is 2.68. The Morgan fingerprint density at radius 1 is 1.12 bits per heavy atom. The Balaban J connectivity index is 1.63. The van der Waals surface area contributed by atoms with Gasteiger partial charge in [0, 0.05) is 6.54 Å². The molecule has 1 heterocycles. The second kappa shape index (κ2) is 8.74. The standard InChI is InChI=1S/C20H28N4O2/c1-14-18(22-12-15-8-10-17(25-2)11-9-15)23-20(21)24-19(14)26-13-16-6-4-3-5-7-16/h8-11,16H,3-7,12-13H2,1-2H3,(H3,21,22,23,24). The van der Waals surface area contributed by atoms with Crippen molar-refractivity contribution in [3.63, 3.8) is 0 Å². The number of ether oxygens (including phenoxy) is 2. The lowest BCUT2D eigenvalue weighted by molar-refractivity contribution is 0.202. The number of hydrogen-bond donors (Lipinski definition) is 2. The topological polar surface area (TPSA) is 82.3 Å². The molecule has 26 heavy (non-hydrogen) atoms. The van der Waals surface area contributed by atoms with E-state index < -0.39 is 0 Å². The van der Waals surface area contributed by atoms with Crippen LogP contribution in [0.4, 0.5) is 11.8 Å². The number of methoxy groups -OCH3 is 1. The van der Waals surface area contributed by atoms with Crippen molar-refractivity contribution in [1.82, 2.24) is 9.97 Å². The molecule has 6 nitrogen and oxygen atoms in total. The van der Waals surface area contributed by atoms with E-state index in [1.807, 2.05) is 31.2 Å². The number of nitrogen functional groups attached to an aromatic ring is 1. The summed E-state index contributed by atoms with van der Waals surface area (Å²) in [6.45, 7) is 3.31. The van der Waals surface area contributed by atoms with Crippen LogP contribution in [0.1, 0.15) is 43.2 Å². The summed E-state index contributed by atoms with van der Waals surface area (Å²) in [6, 6.07) is 7.92. The second-order valence-corrected chi connectivity index (χ2v) is 6.88. The van der Waals surface area contributed by atoms with Crippen molar-refractivity contribution in [2.45, 2.75) is 45.6 Å². The smallest absolute Gasteiger partial charge is 0.225 e. The highest BCUT2D eigenvalue weighted by atomic mass is 16.5. The molecule has 0 atom stereocenters. The van der Waals surface area contributed by atoms with Crippen molar-refractivity contribution < 1.29 is 9.47 Å². The lowest BCUT2D eigenvalue weighted by atomic mass is 9.90. The molecule has 0 bridgehead atoms. The van der Waals surface area contributed by atoms with Gasteiger partial charge in [0.1, 0.15) is 11.6 Å². The molecule has 0 amide bonds. The fraction of sp³-hybridized carbons (Fsp3) is 0.500. The molecule has 0 radical (unpaired) electrons. The predicted octanol–water partition coefficient (Wildman–Crippen LogP) is 3.95. The number of anilines is 2. The predicted molar refractivity (Wildman–Crippen MR) is 104 cm³/mol. The van der Waals surface area contributed by atoms with Gasteiger partial charge in [-0.05, 0) is 43.4 Å². The van der Waals surface area contributed by atoms with E-state index in [4.69, 9.17) is 15.2 Å². The van der Waals surface area contributed by atoms with Crippen LogP contribution >= 0.6 is 0 Å².